The largest absolute Gasteiger partial charge is 0.394 e. The van der Waals surface area contributed by atoms with Crippen molar-refractivity contribution in [1.82, 2.24) is 10.2 Å². The Hall–Kier alpha value is -1.26. The van der Waals surface area contributed by atoms with Crippen LogP contribution in [0.1, 0.15) is 195 Å². The van der Waals surface area contributed by atoms with Crippen molar-refractivity contribution in [2.24, 2.45) is 11.7 Å². The van der Waals surface area contributed by atoms with Crippen LogP contribution in [0, 0.1) is 5.92 Å². The van der Waals surface area contributed by atoms with Gasteiger partial charge in [0.1, 0.15) is 24.4 Å². The first-order chi connectivity index (χ1) is 24.2. The van der Waals surface area contributed by atoms with Gasteiger partial charge in [-0.2, -0.15) is 0 Å². The van der Waals surface area contributed by atoms with Crippen LogP contribution in [0.2, 0.25) is 0 Å². The first kappa shape index (κ1) is 46.8. The molecule has 1 fully saturated rings. The van der Waals surface area contributed by atoms with Crippen molar-refractivity contribution in [3.63, 3.8) is 0 Å². The zero-order chi connectivity index (χ0) is 37.0. The van der Waals surface area contributed by atoms with E-state index in [9.17, 15) is 24.9 Å². The summed E-state index contributed by atoms with van der Waals surface area (Å²) in [7, 11) is 0. The first-order valence-corrected chi connectivity index (χ1v) is 21.2. The van der Waals surface area contributed by atoms with Gasteiger partial charge in [-0.25, -0.2) is 0 Å². The van der Waals surface area contributed by atoms with Crippen LogP contribution >= 0.6 is 0 Å². The third-order valence-electron chi connectivity index (χ3n) is 10.4. The van der Waals surface area contributed by atoms with Gasteiger partial charge in [-0.3, -0.25) is 9.59 Å². The van der Waals surface area contributed by atoms with Gasteiger partial charge in [0.15, 0.2) is 6.23 Å². The standard InChI is InChI=1S/C41H81N3O6/c1-5-7-9-11-13-15-16-17-18-19-20-22-24-26-28-30-44(36(46)29-27-25-23-21-14-12-10-8-6-2)41-37(39(48)38(47)35(32-45)50-41)43-40(49)34(42)31-33(3)4/h33-35,37-39,41,45,47-48H,5-32,42H2,1-4H3,(H,43,49)/t34-,35?,37?,38?,39?,41?/m0/s1. The monoisotopic (exact) mass is 712 g/mol. The molecule has 0 radical (unpaired) electrons. The van der Waals surface area contributed by atoms with Crippen molar-refractivity contribution in [3.05, 3.63) is 0 Å². The van der Waals surface area contributed by atoms with Gasteiger partial charge in [-0.15, -0.1) is 0 Å². The molecule has 50 heavy (non-hydrogen) atoms. The number of aliphatic hydroxyl groups is 3. The summed E-state index contributed by atoms with van der Waals surface area (Å²) in [5, 5.41) is 34.7. The van der Waals surface area contributed by atoms with E-state index in [1.54, 1.807) is 4.90 Å². The predicted molar refractivity (Wildman–Crippen MR) is 206 cm³/mol. The van der Waals surface area contributed by atoms with Crippen molar-refractivity contribution in [2.75, 3.05) is 13.2 Å². The van der Waals surface area contributed by atoms with Crippen LogP contribution in [0.15, 0.2) is 0 Å². The maximum Gasteiger partial charge on any atom is 0.237 e. The summed E-state index contributed by atoms with van der Waals surface area (Å²) in [6.07, 6.45) is 24.9. The lowest BCUT2D eigenvalue weighted by molar-refractivity contribution is -0.231. The molecule has 296 valence electrons. The molecular formula is C41H81N3O6. The molecular weight excluding hydrogens is 630 g/mol. The maximum absolute atomic E-state index is 13.8. The molecule has 0 aromatic heterocycles. The van der Waals surface area contributed by atoms with Crippen LogP contribution in [0.5, 0.6) is 0 Å². The number of carbonyl (C=O) groups is 2. The average Bonchev–Trinajstić information content (AvgIpc) is 3.09. The number of hydrogen-bond donors (Lipinski definition) is 5. The molecule has 5 unspecified atom stereocenters. The number of unbranched alkanes of at least 4 members (excludes halogenated alkanes) is 22. The van der Waals surface area contributed by atoms with E-state index < -0.39 is 49.1 Å². The quantitative estimate of drug-likeness (QED) is 0.0446. The summed E-state index contributed by atoms with van der Waals surface area (Å²) < 4.78 is 6.13. The Morgan fingerprint density at radius 1 is 0.680 bits per heavy atom. The van der Waals surface area contributed by atoms with E-state index in [0.717, 1.165) is 38.5 Å². The lowest BCUT2D eigenvalue weighted by Crippen LogP contribution is -2.69. The van der Waals surface area contributed by atoms with Gasteiger partial charge in [0, 0.05) is 13.0 Å². The molecule has 9 heteroatoms. The van der Waals surface area contributed by atoms with Crippen molar-refractivity contribution in [2.45, 2.75) is 231 Å². The molecule has 2 amide bonds. The summed E-state index contributed by atoms with van der Waals surface area (Å²) in [6.45, 7) is 8.36. The first-order valence-electron chi connectivity index (χ1n) is 21.2. The van der Waals surface area contributed by atoms with Crippen LogP contribution in [0.4, 0.5) is 0 Å². The zero-order valence-electron chi connectivity index (χ0n) is 32.9. The second kappa shape index (κ2) is 30.2. The topological polar surface area (TPSA) is 145 Å². The number of aliphatic hydroxyl groups excluding tert-OH is 3. The molecule has 1 heterocycles. The number of carbonyl (C=O) groups excluding carboxylic acids is 2. The third kappa shape index (κ3) is 20.7. The van der Waals surface area contributed by atoms with Gasteiger partial charge in [-0.1, -0.05) is 169 Å². The molecule has 0 aromatic rings. The van der Waals surface area contributed by atoms with Gasteiger partial charge in [0.05, 0.1) is 12.6 Å². The van der Waals surface area contributed by atoms with E-state index in [4.69, 9.17) is 10.5 Å². The molecule has 0 aromatic carbocycles. The molecule has 0 saturated carbocycles. The number of nitrogens with two attached hydrogens (primary N) is 1. The second-order valence-electron chi connectivity index (χ2n) is 15.6. The van der Waals surface area contributed by atoms with Crippen LogP contribution in [0.3, 0.4) is 0 Å². The fraction of sp³-hybridized carbons (Fsp3) is 0.951. The summed E-state index contributed by atoms with van der Waals surface area (Å²) in [5.41, 5.74) is 6.17. The molecule has 6 N–H and O–H groups in total. The summed E-state index contributed by atoms with van der Waals surface area (Å²) in [4.78, 5) is 28.6. The van der Waals surface area contributed by atoms with E-state index in [-0.39, 0.29) is 11.8 Å². The highest BCUT2D eigenvalue weighted by atomic mass is 16.5. The van der Waals surface area contributed by atoms with Crippen molar-refractivity contribution >= 4 is 11.8 Å². The van der Waals surface area contributed by atoms with E-state index in [0.29, 0.717) is 19.4 Å². The number of ether oxygens (including phenoxy) is 1. The van der Waals surface area contributed by atoms with Crippen LogP contribution in [0.25, 0.3) is 0 Å². The Morgan fingerprint density at radius 2 is 1.10 bits per heavy atom. The fourth-order valence-electron chi connectivity index (χ4n) is 7.18. The minimum atomic E-state index is -1.43. The smallest absolute Gasteiger partial charge is 0.237 e. The third-order valence-corrected chi connectivity index (χ3v) is 10.4. The molecule has 1 saturated heterocycles. The highest BCUT2D eigenvalue weighted by Crippen LogP contribution is 2.26. The van der Waals surface area contributed by atoms with Crippen molar-refractivity contribution < 1.29 is 29.6 Å². The Kier molecular flexibility index (Phi) is 28.3. The molecule has 6 atom stereocenters. The highest BCUT2D eigenvalue weighted by molar-refractivity contribution is 5.82. The minimum absolute atomic E-state index is 0.0886. The SMILES string of the molecule is CCCCCCCCCCCCCCCCCN(C(=O)CCCCCCCCCCC)C1OC(CO)C(O)C(O)C1NC(=O)[C@@H](N)CC(C)C. The number of amides is 2. The summed E-state index contributed by atoms with van der Waals surface area (Å²) in [6, 6.07) is -1.86. The predicted octanol–water partition coefficient (Wildman–Crippen LogP) is 7.90. The van der Waals surface area contributed by atoms with Crippen LogP contribution < -0.4 is 11.1 Å². The van der Waals surface area contributed by atoms with Crippen molar-refractivity contribution in [1.29, 1.82) is 0 Å². The molecule has 1 rings (SSSR count). The highest BCUT2D eigenvalue weighted by Gasteiger charge is 2.48. The van der Waals surface area contributed by atoms with Gasteiger partial charge < -0.3 is 36.0 Å². The molecule has 0 aliphatic carbocycles. The summed E-state index contributed by atoms with van der Waals surface area (Å²) >= 11 is 0. The van der Waals surface area contributed by atoms with Crippen LogP contribution in [-0.4, -0.2) is 81.8 Å². The van der Waals surface area contributed by atoms with Crippen molar-refractivity contribution in [3.8, 4) is 0 Å². The number of nitrogens with zero attached hydrogens (tertiary/aromatic N) is 1. The van der Waals surface area contributed by atoms with E-state index in [2.05, 4.69) is 19.2 Å². The normalized spacial score (nSPS) is 21.4. The van der Waals surface area contributed by atoms with Gasteiger partial charge in [0.2, 0.25) is 11.8 Å². The fourth-order valence-corrected chi connectivity index (χ4v) is 7.18. The Balaban J connectivity index is 2.74. The van der Waals surface area contributed by atoms with E-state index in [1.165, 1.54) is 116 Å². The average molecular weight is 712 g/mol. The Labute approximate surface area is 307 Å². The number of nitrogens with one attached hydrogen (secondary N) is 1. The lowest BCUT2D eigenvalue weighted by Gasteiger charge is -2.47. The zero-order valence-corrected chi connectivity index (χ0v) is 32.9. The molecule has 9 nitrogen and oxygen atoms in total. The maximum atomic E-state index is 13.8. The lowest BCUT2D eigenvalue weighted by atomic mass is 9.94. The number of rotatable bonds is 32. The molecule has 0 bridgehead atoms. The minimum Gasteiger partial charge on any atom is -0.394 e. The second-order valence-corrected chi connectivity index (χ2v) is 15.6. The van der Waals surface area contributed by atoms with Gasteiger partial charge in [-0.05, 0) is 25.2 Å². The Morgan fingerprint density at radius 3 is 1.52 bits per heavy atom. The van der Waals surface area contributed by atoms with Crippen LogP contribution in [-0.2, 0) is 14.3 Å². The molecule has 0 spiro atoms. The van der Waals surface area contributed by atoms with Gasteiger partial charge in [0.25, 0.3) is 0 Å². The molecule has 1 aliphatic rings. The van der Waals surface area contributed by atoms with E-state index in [1.807, 2.05) is 13.8 Å². The summed E-state index contributed by atoms with van der Waals surface area (Å²) in [5.74, 6) is -0.346. The van der Waals surface area contributed by atoms with E-state index >= 15 is 0 Å². The number of hydrogen-bond acceptors (Lipinski definition) is 7. The Bertz CT molecular complexity index is 830. The van der Waals surface area contributed by atoms with Gasteiger partial charge >= 0.3 is 0 Å². The molecule has 1 aliphatic heterocycles.